The Hall–Kier alpha value is -1.46. The molecule has 1 aromatic carbocycles. The van der Waals surface area contributed by atoms with Gasteiger partial charge in [0.15, 0.2) is 0 Å². The number of hydrazine groups is 1. The Balaban J connectivity index is 2.35. The lowest BCUT2D eigenvalue weighted by atomic mass is 9.99. The molecule has 6 heteroatoms. The molecule has 1 aliphatic rings. The van der Waals surface area contributed by atoms with Crippen LogP contribution in [0.4, 0.5) is 11.4 Å². The van der Waals surface area contributed by atoms with Crippen LogP contribution in [0, 0.1) is 0 Å². The van der Waals surface area contributed by atoms with Crippen molar-refractivity contribution in [1.29, 1.82) is 0 Å². The van der Waals surface area contributed by atoms with Gasteiger partial charge in [0.2, 0.25) is 0 Å². The van der Waals surface area contributed by atoms with Gasteiger partial charge >= 0.3 is 0 Å². The standard InChI is InChI=1S/C14H21ClN4O/c1-8-4-3-5-9(2)19(8)18-13-11(14(17)20)6-10(16)7-12(13)15/h6-9,18H,3-5,16H2,1-2H3,(H2,17,20). The fourth-order valence-corrected chi connectivity index (χ4v) is 2.98. The zero-order valence-corrected chi connectivity index (χ0v) is 12.6. The van der Waals surface area contributed by atoms with Crippen LogP contribution in [-0.4, -0.2) is 23.0 Å². The fourth-order valence-electron chi connectivity index (χ4n) is 2.71. The van der Waals surface area contributed by atoms with Gasteiger partial charge in [-0.3, -0.25) is 4.79 Å². The number of rotatable bonds is 3. The lowest BCUT2D eigenvalue weighted by molar-refractivity contribution is 0.0998. The second-order valence-corrected chi connectivity index (χ2v) is 5.84. The summed E-state index contributed by atoms with van der Waals surface area (Å²) < 4.78 is 0. The molecular formula is C14H21ClN4O. The van der Waals surface area contributed by atoms with Crippen molar-refractivity contribution in [3.8, 4) is 0 Å². The zero-order chi connectivity index (χ0) is 14.9. The minimum absolute atomic E-state index is 0.319. The monoisotopic (exact) mass is 296 g/mol. The number of hydrogen-bond acceptors (Lipinski definition) is 4. The van der Waals surface area contributed by atoms with Gasteiger partial charge in [-0.05, 0) is 38.8 Å². The number of halogens is 1. The van der Waals surface area contributed by atoms with E-state index in [0.717, 1.165) is 12.8 Å². The Morgan fingerprint density at radius 2 is 1.95 bits per heavy atom. The minimum atomic E-state index is -0.543. The first-order chi connectivity index (χ1) is 9.40. The van der Waals surface area contributed by atoms with Crippen LogP contribution in [0.3, 0.4) is 0 Å². The topological polar surface area (TPSA) is 84.4 Å². The van der Waals surface area contributed by atoms with Crippen LogP contribution in [0.5, 0.6) is 0 Å². The number of carbonyl (C=O) groups is 1. The highest BCUT2D eigenvalue weighted by atomic mass is 35.5. The largest absolute Gasteiger partial charge is 0.399 e. The summed E-state index contributed by atoms with van der Waals surface area (Å²) in [5, 5.41) is 2.54. The molecule has 1 amide bonds. The second-order valence-electron chi connectivity index (χ2n) is 5.44. The maximum atomic E-state index is 11.6. The summed E-state index contributed by atoms with van der Waals surface area (Å²) in [6, 6.07) is 3.91. The Labute approximate surface area is 124 Å². The fraction of sp³-hybridized carbons (Fsp3) is 0.500. The molecular weight excluding hydrogens is 276 g/mol. The third-order valence-corrected chi connectivity index (χ3v) is 4.11. The van der Waals surface area contributed by atoms with Gasteiger partial charge < -0.3 is 16.9 Å². The van der Waals surface area contributed by atoms with Gasteiger partial charge in [0.1, 0.15) is 0 Å². The first-order valence-corrected chi connectivity index (χ1v) is 7.21. The van der Waals surface area contributed by atoms with E-state index in [0.29, 0.717) is 34.0 Å². The molecule has 20 heavy (non-hydrogen) atoms. The molecule has 1 saturated heterocycles. The van der Waals surface area contributed by atoms with Crippen molar-refractivity contribution in [3.63, 3.8) is 0 Å². The number of nitrogens with one attached hydrogen (secondary N) is 1. The summed E-state index contributed by atoms with van der Waals surface area (Å²) in [6.45, 7) is 4.30. The summed E-state index contributed by atoms with van der Waals surface area (Å²) in [5.41, 5.74) is 15.7. The van der Waals surface area contributed by atoms with Crippen molar-refractivity contribution in [1.82, 2.24) is 5.01 Å². The summed E-state index contributed by atoms with van der Waals surface area (Å²) >= 11 is 6.22. The average Bonchev–Trinajstić information content (AvgIpc) is 2.35. The second kappa shape index (κ2) is 5.89. The molecule has 0 spiro atoms. The molecule has 1 aliphatic heterocycles. The quantitative estimate of drug-likeness (QED) is 0.749. The molecule has 0 aromatic heterocycles. The first-order valence-electron chi connectivity index (χ1n) is 6.84. The molecule has 0 bridgehead atoms. The number of amides is 1. The smallest absolute Gasteiger partial charge is 0.250 e. The molecule has 2 unspecified atom stereocenters. The normalized spacial score (nSPS) is 23.6. The number of carbonyl (C=O) groups excluding carboxylic acids is 1. The van der Waals surface area contributed by atoms with Gasteiger partial charge in [-0.1, -0.05) is 18.0 Å². The average molecular weight is 297 g/mol. The highest BCUT2D eigenvalue weighted by Gasteiger charge is 2.26. The van der Waals surface area contributed by atoms with Crippen LogP contribution in [-0.2, 0) is 0 Å². The van der Waals surface area contributed by atoms with Crippen LogP contribution in [0.1, 0.15) is 43.5 Å². The molecule has 2 atom stereocenters. The third kappa shape index (κ3) is 2.99. The molecule has 1 fully saturated rings. The summed E-state index contributed by atoms with van der Waals surface area (Å²) in [7, 11) is 0. The Morgan fingerprint density at radius 1 is 1.35 bits per heavy atom. The number of nitrogen functional groups attached to an aromatic ring is 1. The maximum absolute atomic E-state index is 11.6. The molecule has 1 aromatic rings. The van der Waals surface area contributed by atoms with Crippen molar-refractivity contribution < 1.29 is 4.79 Å². The van der Waals surface area contributed by atoms with E-state index in [4.69, 9.17) is 23.1 Å². The predicted molar refractivity (Wildman–Crippen MR) is 82.6 cm³/mol. The molecule has 5 N–H and O–H groups in total. The van der Waals surface area contributed by atoms with E-state index in [1.54, 1.807) is 12.1 Å². The molecule has 0 saturated carbocycles. The van der Waals surface area contributed by atoms with Crippen LogP contribution < -0.4 is 16.9 Å². The van der Waals surface area contributed by atoms with E-state index < -0.39 is 5.91 Å². The molecule has 1 heterocycles. The molecule has 0 radical (unpaired) electrons. The lowest BCUT2D eigenvalue weighted by Gasteiger charge is -2.40. The van der Waals surface area contributed by atoms with Crippen LogP contribution >= 0.6 is 11.6 Å². The summed E-state index contributed by atoms with van der Waals surface area (Å²) in [6.07, 6.45) is 3.42. The lowest BCUT2D eigenvalue weighted by Crippen LogP contribution is -2.47. The van der Waals surface area contributed by atoms with E-state index in [9.17, 15) is 4.79 Å². The van der Waals surface area contributed by atoms with Crippen molar-refractivity contribution in [3.05, 3.63) is 22.7 Å². The van der Waals surface area contributed by atoms with Gasteiger partial charge in [-0.15, -0.1) is 0 Å². The Bertz CT molecular complexity index is 510. The van der Waals surface area contributed by atoms with Crippen molar-refractivity contribution >= 4 is 28.9 Å². The highest BCUT2D eigenvalue weighted by molar-refractivity contribution is 6.34. The van der Waals surface area contributed by atoms with E-state index in [1.165, 1.54) is 6.42 Å². The zero-order valence-electron chi connectivity index (χ0n) is 11.8. The highest BCUT2D eigenvalue weighted by Crippen LogP contribution is 2.32. The van der Waals surface area contributed by atoms with Crippen molar-refractivity contribution in [2.24, 2.45) is 5.73 Å². The van der Waals surface area contributed by atoms with E-state index in [1.807, 2.05) is 0 Å². The molecule has 5 nitrogen and oxygen atoms in total. The van der Waals surface area contributed by atoms with Crippen molar-refractivity contribution in [2.45, 2.75) is 45.2 Å². The molecule has 0 aliphatic carbocycles. The van der Waals surface area contributed by atoms with Gasteiger partial charge in [0.05, 0.1) is 16.3 Å². The van der Waals surface area contributed by atoms with E-state index in [-0.39, 0.29) is 0 Å². The van der Waals surface area contributed by atoms with Gasteiger partial charge in [-0.2, -0.15) is 0 Å². The number of piperidine rings is 1. The maximum Gasteiger partial charge on any atom is 0.250 e. The van der Waals surface area contributed by atoms with E-state index in [2.05, 4.69) is 24.3 Å². The number of hydrogen-bond donors (Lipinski definition) is 3. The summed E-state index contributed by atoms with van der Waals surface area (Å²) in [5.74, 6) is -0.543. The molecule has 110 valence electrons. The van der Waals surface area contributed by atoms with Gasteiger partial charge in [0, 0.05) is 17.8 Å². The number of anilines is 2. The summed E-state index contributed by atoms with van der Waals surface area (Å²) in [4.78, 5) is 11.6. The van der Waals surface area contributed by atoms with E-state index >= 15 is 0 Å². The first kappa shape index (κ1) is 14.9. The molecule has 2 rings (SSSR count). The number of primary amides is 1. The van der Waals surface area contributed by atoms with Gasteiger partial charge in [0.25, 0.3) is 5.91 Å². The SMILES string of the molecule is CC1CCCC(C)N1Nc1c(Cl)cc(N)cc1C(N)=O. The van der Waals surface area contributed by atoms with Gasteiger partial charge in [-0.25, -0.2) is 5.01 Å². The number of nitrogens with two attached hydrogens (primary N) is 2. The third-order valence-electron chi connectivity index (χ3n) is 3.81. The van der Waals surface area contributed by atoms with Crippen molar-refractivity contribution in [2.75, 3.05) is 11.2 Å². The van der Waals surface area contributed by atoms with Crippen LogP contribution in [0.25, 0.3) is 0 Å². The van der Waals surface area contributed by atoms with Crippen LogP contribution in [0.2, 0.25) is 5.02 Å². The van der Waals surface area contributed by atoms with Crippen LogP contribution in [0.15, 0.2) is 12.1 Å². The Morgan fingerprint density at radius 3 is 2.50 bits per heavy atom. The Kier molecular flexibility index (Phi) is 4.40. The minimum Gasteiger partial charge on any atom is -0.399 e. The predicted octanol–water partition coefficient (Wildman–Crippen LogP) is 2.61. The number of benzene rings is 1. The number of nitrogens with zero attached hydrogens (tertiary/aromatic N) is 1.